The van der Waals surface area contributed by atoms with Gasteiger partial charge in [-0.2, -0.15) is 5.10 Å². The third kappa shape index (κ3) is 4.00. The average Bonchev–Trinajstić information content (AvgIpc) is 2.72. The van der Waals surface area contributed by atoms with Gasteiger partial charge in [0.1, 0.15) is 17.9 Å². The number of hydrogen-bond acceptors (Lipinski definition) is 3. The van der Waals surface area contributed by atoms with E-state index in [0.29, 0.717) is 18.1 Å². The molecule has 1 atom stereocenters. The highest BCUT2D eigenvalue weighted by atomic mass is 16.6. The molecule has 0 fully saturated rings. The van der Waals surface area contributed by atoms with Crippen LogP contribution in [0.4, 0.5) is 5.69 Å². The second kappa shape index (κ2) is 6.73. The van der Waals surface area contributed by atoms with Gasteiger partial charge in [0.05, 0.1) is 12.0 Å². The van der Waals surface area contributed by atoms with E-state index in [2.05, 4.69) is 57.2 Å². The van der Waals surface area contributed by atoms with E-state index >= 15 is 0 Å². The fourth-order valence-corrected chi connectivity index (χ4v) is 2.89. The van der Waals surface area contributed by atoms with E-state index in [0.717, 1.165) is 6.54 Å². The van der Waals surface area contributed by atoms with E-state index < -0.39 is 0 Å². The van der Waals surface area contributed by atoms with Crippen LogP contribution in [-0.2, 0) is 18.6 Å². The monoisotopic (exact) mass is 331 g/mol. The highest BCUT2D eigenvalue weighted by Gasteiger charge is 2.23. The van der Waals surface area contributed by atoms with Gasteiger partial charge in [-0.3, -0.25) is 10.1 Å². The van der Waals surface area contributed by atoms with Crippen LogP contribution in [0.3, 0.4) is 0 Å². The Bertz CT molecular complexity index is 727. The van der Waals surface area contributed by atoms with Gasteiger partial charge in [-0.1, -0.05) is 45.0 Å². The van der Waals surface area contributed by atoms with Crippen LogP contribution in [0.5, 0.6) is 0 Å². The molecule has 0 radical (unpaired) electrons. The topological polar surface area (TPSA) is 65.4 Å². The van der Waals surface area contributed by atoms with E-state index in [-0.39, 0.29) is 16.0 Å². The summed E-state index contributed by atoms with van der Waals surface area (Å²) in [6, 6.07) is 8.68. The van der Waals surface area contributed by atoms with Crippen molar-refractivity contribution in [1.82, 2.24) is 9.78 Å². The maximum atomic E-state index is 11.1. The van der Waals surface area contributed by atoms with Crippen molar-refractivity contribution < 1.29 is 9.82 Å². The Balaban J connectivity index is 2.07. The SMILES string of the molecule is Cc1nn(C[NH+](C)Cc2ccc(C(C)(C)C)cc2)c(C)c1[N+](=O)[O-]. The standard InChI is InChI=1S/C18H26N4O2/c1-13-17(22(23)24)14(2)21(19-13)12-20(6)11-15-7-9-16(10-8-15)18(3,4)5/h7-10H,11-12H2,1-6H3/p+1. The normalized spacial score (nSPS) is 13.1. The molecule has 1 heterocycles. The lowest BCUT2D eigenvalue weighted by Crippen LogP contribution is -3.07. The van der Waals surface area contributed by atoms with Gasteiger partial charge in [0.15, 0.2) is 6.67 Å². The van der Waals surface area contributed by atoms with Crippen LogP contribution in [0.1, 0.15) is 43.3 Å². The Labute approximate surface area is 143 Å². The summed E-state index contributed by atoms with van der Waals surface area (Å²) >= 11 is 0. The Morgan fingerprint density at radius 3 is 2.25 bits per heavy atom. The van der Waals surface area contributed by atoms with E-state index in [1.807, 2.05) is 0 Å². The summed E-state index contributed by atoms with van der Waals surface area (Å²) < 4.78 is 1.73. The summed E-state index contributed by atoms with van der Waals surface area (Å²) in [4.78, 5) is 12.0. The average molecular weight is 331 g/mol. The molecule has 0 amide bonds. The van der Waals surface area contributed by atoms with Gasteiger partial charge in [0.2, 0.25) is 0 Å². The lowest BCUT2D eigenvalue weighted by atomic mass is 9.87. The zero-order chi connectivity index (χ0) is 18.1. The molecule has 1 aromatic heterocycles. The Kier molecular flexibility index (Phi) is 5.08. The van der Waals surface area contributed by atoms with Crippen LogP contribution in [0.2, 0.25) is 0 Å². The minimum absolute atomic E-state index is 0.123. The fraction of sp³-hybridized carbons (Fsp3) is 0.500. The molecule has 0 bridgehead atoms. The van der Waals surface area contributed by atoms with Crippen molar-refractivity contribution in [1.29, 1.82) is 0 Å². The van der Waals surface area contributed by atoms with Crippen LogP contribution in [0, 0.1) is 24.0 Å². The van der Waals surface area contributed by atoms with Crippen LogP contribution in [0.15, 0.2) is 24.3 Å². The molecule has 1 N–H and O–H groups in total. The second-order valence-electron chi connectivity index (χ2n) is 7.51. The number of aromatic nitrogens is 2. The molecule has 0 aliphatic heterocycles. The summed E-state index contributed by atoms with van der Waals surface area (Å²) in [5, 5.41) is 15.4. The quantitative estimate of drug-likeness (QED) is 0.676. The van der Waals surface area contributed by atoms with Crippen LogP contribution in [0.25, 0.3) is 0 Å². The first-order valence-corrected chi connectivity index (χ1v) is 8.18. The Morgan fingerprint density at radius 1 is 1.21 bits per heavy atom. The van der Waals surface area contributed by atoms with Crippen molar-refractivity contribution >= 4 is 5.69 Å². The van der Waals surface area contributed by atoms with Crippen molar-refractivity contribution in [2.45, 2.75) is 53.2 Å². The van der Waals surface area contributed by atoms with E-state index in [4.69, 9.17) is 0 Å². The summed E-state index contributed by atoms with van der Waals surface area (Å²) in [7, 11) is 2.07. The van der Waals surface area contributed by atoms with Gasteiger partial charge in [-0.05, 0) is 24.8 Å². The van der Waals surface area contributed by atoms with Crippen molar-refractivity contribution in [2.24, 2.45) is 0 Å². The summed E-state index contributed by atoms with van der Waals surface area (Å²) in [6.45, 7) is 11.5. The smallest absolute Gasteiger partial charge is 0.312 e. The third-order valence-corrected chi connectivity index (χ3v) is 4.27. The molecule has 130 valence electrons. The fourth-order valence-electron chi connectivity index (χ4n) is 2.89. The number of nitro groups is 1. The second-order valence-corrected chi connectivity index (χ2v) is 7.51. The van der Waals surface area contributed by atoms with Gasteiger partial charge in [-0.25, -0.2) is 4.68 Å². The van der Waals surface area contributed by atoms with Gasteiger partial charge in [0, 0.05) is 5.56 Å². The molecule has 0 aliphatic carbocycles. The molecule has 6 heteroatoms. The highest BCUT2D eigenvalue weighted by molar-refractivity contribution is 5.39. The third-order valence-electron chi connectivity index (χ3n) is 4.27. The molecule has 0 aliphatic rings. The molecule has 0 saturated heterocycles. The minimum atomic E-state index is -0.352. The number of rotatable bonds is 5. The molecular weight excluding hydrogens is 304 g/mol. The molecule has 2 aromatic rings. The number of quaternary nitrogens is 1. The van der Waals surface area contributed by atoms with E-state index in [1.54, 1.807) is 18.5 Å². The molecule has 1 unspecified atom stereocenters. The summed E-state index contributed by atoms with van der Waals surface area (Å²) in [5.74, 6) is 0. The molecule has 0 spiro atoms. The van der Waals surface area contributed by atoms with Gasteiger partial charge < -0.3 is 4.90 Å². The number of hydrogen-bond donors (Lipinski definition) is 1. The first-order valence-electron chi connectivity index (χ1n) is 8.18. The molecule has 1 aromatic carbocycles. The van der Waals surface area contributed by atoms with Crippen molar-refractivity contribution in [3.8, 4) is 0 Å². The molecule has 2 rings (SSSR count). The molecule has 0 saturated carbocycles. The zero-order valence-electron chi connectivity index (χ0n) is 15.4. The zero-order valence-corrected chi connectivity index (χ0v) is 15.4. The van der Waals surface area contributed by atoms with Crippen molar-refractivity contribution in [3.05, 3.63) is 56.9 Å². The number of nitrogens with zero attached hydrogens (tertiary/aromatic N) is 3. The summed E-state index contributed by atoms with van der Waals surface area (Å²) in [5.41, 5.74) is 3.92. The minimum Gasteiger partial charge on any atom is -0.315 e. The maximum absolute atomic E-state index is 11.1. The summed E-state index contributed by atoms with van der Waals surface area (Å²) in [6.07, 6.45) is 0. The van der Waals surface area contributed by atoms with Gasteiger partial charge in [0.25, 0.3) is 0 Å². The number of benzene rings is 1. The lowest BCUT2D eigenvalue weighted by Gasteiger charge is -2.20. The van der Waals surface area contributed by atoms with Crippen LogP contribution in [-0.4, -0.2) is 21.8 Å². The van der Waals surface area contributed by atoms with Crippen molar-refractivity contribution in [2.75, 3.05) is 7.05 Å². The molecule has 6 nitrogen and oxygen atoms in total. The first kappa shape index (κ1) is 18.1. The Hall–Kier alpha value is -2.21. The van der Waals surface area contributed by atoms with Crippen LogP contribution >= 0.6 is 0 Å². The number of aryl methyl sites for hydroxylation is 1. The van der Waals surface area contributed by atoms with Gasteiger partial charge >= 0.3 is 5.69 Å². The number of nitrogens with one attached hydrogen (secondary N) is 1. The largest absolute Gasteiger partial charge is 0.315 e. The first-order chi connectivity index (χ1) is 11.1. The van der Waals surface area contributed by atoms with Gasteiger partial charge in [-0.15, -0.1) is 0 Å². The van der Waals surface area contributed by atoms with E-state index in [1.165, 1.54) is 16.0 Å². The predicted molar refractivity (Wildman–Crippen MR) is 94.1 cm³/mol. The molecular formula is C18H27N4O2+. The highest BCUT2D eigenvalue weighted by Crippen LogP contribution is 2.22. The lowest BCUT2D eigenvalue weighted by molar-refractivity contribution is -0.917. The maximum Gasteiger partial charge on any atom is 0.312 e. The van der Waals surface area contributed by atoms with E-state index in [9.17, 15) is 10.1 Å². The van der Waals surface area contributed by atoms with Crippen LogP contribution < -0.4 is 4.90 Å². The Morgan fingerprint density at radius 2 is 1.79 bits per heavy atom. The predicted octanol–water partition coefficient (Wildman–Crippen LogP) is 2.38. The molecule has 24 heavy (non-hydrogen) atoms. The van der Waals surface area contributed by atoms with Crippen molar-refractivity contribution in [3.63, 3.8) is 0 Å².